The van der Waals surface area contributed by atoms with Gasteiger partial charge in [0.25, 0.3) is 0 Å². The minimum absolute atomic E-state index is 0.940. The van der Waals surface area contributed by atoms with Crippen molar-refractivity contribution in [3.8, 4) is 0 Å². The number of alkyl halides is 1. The van der Waals surface area contributed by atoms with Crippen molar-refractivity contribution >= 4 is 26.2 Å². The van der Waals surface area contributed by atoms with E-state index in [4.69, 9.17) is 0 Å². The summed E-state index contributed by atoms with van der Waals surface area (Å²) in [5.41, 5.74) is 0.940. The minimum atomic E-state index is 0.940. The van der Waals surface area contributed by atoms with E-state index < -0.39 is 0 Å². The number of hydrogen-bond donors (Lipinski definition) is 0. The van der Waals surface area contributed by atoms with Gasteiger partial charge in [-0.2, -0.15) is 0 Å². The zero-order valence-corrected chi connectivity index (χ0v) is 7.25. The summed E-state index contributed by atoms with van der Waals surface area (Å²) in [7, 11) is 1.32. The van der Waals surface area contributed by atoms with Crippen LogP contribution in [0, 0.1) is 0 Å². The van der Waals surface area contributed by atoms with Gasteiger partial charge in [0, 0.05) is 15.6 Å². The molecule has 0 saturated heterocycles. The van der Waals surface area contributed by atoms with Crippen molar-refractivity contribution in [2.75, 3.05) is 5.33 Å². The molecule has 0 aliphatic carbocycles. The fourth-order valence-corrected chi connectivity index (χ4v) is 0. The highest BCUT2D eigenvalue weighted by Gasteiger charge is 1.82. The Morgan fingerprint density at radius 2 is 2.20 bits per heavy atom. The van der Waals surface area contributed by atoms with E-state index in [1.807, 2.05) is 0 Å². The van der Waals surface area contributed by atoms with Crippen molar-refractivity contribution in [2.24, 2.45) is 0 Å². The summed E-state index contributed by atoms with van der Waals surface area (Å²) in [5.74, 6) is 0. The van der Waals surface area contributed by atoms with E-state index in [2.05, 4.69) is 22.9 Å². The molecule has 0 aliphatic heterocycles. The highest BCUT2D eigenvalue weighted by Crippen LogP contribution is 1.97. The van der Waals surface area contributed by atoms with E-state index >= 15 is 0 Å². The standard InChI is InChI=1S/C3H9BrSi/c1-3(5)2-4/h3H,2H2,1,5H3. The summed E-state index contributed by atoms with van der Waals surface area (Å²) in [6.45, 7) is 2.24. The molecule has 0 radical (unpaired) electrons. The predicted molar refractivity (Wildman–Crippen MR) is 33.2 cm³/mol. The maximum absolute atomic E-state index is 3.35. The molecule has 0 nitrogen and oxygen atoms in total. The van der Waals surface area contributed by atoms with Crippen LogP contribution in [0.5, 0.6) is 0 Å². The summed E-state index contributed by atoms with van der Waals surface area (Å²) < 4.78 is 0. The molecule has 0 spiro atoms. The van der Waals surface area contributed by atoms with Crippen molar-refractivity contribution in [2.45, 2.75) is 12.5 Å². The van der Waals surface area contributed by atoms with Crippen LogP contribution in [0.1, 0.15) is 6.92 Å². The third-order valence-corrected chi connectivity index (χ3v) is 3.21. The largest absolute Gasteiger partial charge is 0.0929 e. The summed E-state index contributed by atoms with van der Waals surface area (Å²) in [6, 6.07) is 0. The van der Waals surface area contributed by atoms with Crippen LogP contribution in [-0.2, 0) is 0 Å². The zero-order chi connectivity index (χ0) is 4.28. The lowest BCUT2D eigenvalue weighted by Gasteiger charge is -1.88. The van der Waals surface area contributed by atoms with Gasteiger partial charge in [-0.15, -0.1) is 0 Å². The van der Waals surface area contributed by atoms with E-state index in [0.29, 0.717) is 0 Å². The highest BCUT2D eigenvalue weighted by atomic mass is 79.9. The van der Waals surface area contributed by atoms with Gasteiger partial charge in [-0.3, -0.25) is 0 Å². The van der Waals surface area contributed by atoms with Gasteiger partial charge in [0.2, 0.25) is 0 Å². The topological polar surface area (TPSA) is 0 Å². The summed E-state index contributed by atoms with van der Waals surface area (Å²) in [6.07, 6.45) is 0. The molecule has 5 heavy (non-hydrogen) atoms. The van der Waals surface area contributed by atoms with Gasteiger partial charge in [0.15, 0.2) is 0 Å². The second kappa shape index (κ2) is 2.91. The fourth-order valence-electron chi connectivity index (χ4n) is 0. The second-order valence-electron chi connectivity index (χ2n) is 1.55. The Bertz CT molecular complexity index is 20.9. The third-order valence-electron chi connectivity index (χ3n) is 0.309. The van der Waals surface area contributed by atoms with E-state index in [1.54, 1.807) is 0 Å². The van der Waals surface area contributed by atoms with Crippen molar-refractivity contribution in [3.63, 3.8) is 0 Å². The van der Waals surface area contributed by atoms with Crippen molar-refractivity contribution in [3.05, 3.63) is 0 Å². The molecule has 0 aliphatic rings. The van der Waals surface area contributed by atoms with Gasteiger partial charge in [0.05, 0.1) is 0 Å². The Morgan fingerprint density at radius 3 is 2.20 bits per heavy atom. The first-order valence-electron chi connectivity index (χ1n) is 1.83. The van der Waals surface area contributed by atoms with Gasteiger partial charge >= 0.3 is 0 Å². The number of rotatable bonds is 1. The van der Waals surface area contributed by atoms with Gasteiger partial charge in [0.1, 0.15) is 0 Å². The molecule has 0 amide bonds. The van der Waals surface area contributed by atoms with Crippen LogP contribution >= 0.6 is 15.9 Å². The molecule has 0 rings (SSSR count). The summed E-state index contributed by atoms with van der Waals surface area (Å²) in [5, 5.41) is 1.18. The Morgan fingerprint density at radius 1 is 2.00 bits per heavy atom. The van der Waals surface area contributed by atoms with Crippen LogP contribution in [0.3, 0.4) is 0 Å². The molecular weight excluding hydrogens is 144 g/mol. The van der Waals surface area contributed by atoms with E-state index in [1.165, 1.54) is 15.6 Å². The molecule has 0 bridgehead atoms. The van der Waals surface area contributed by atoms with E-state index in [0.717, 1.165) is 5.54 Å². The molecule has 0 fully saturated rings. The monoisotopic (exact) mass is 152 g/mol. The predicted octanol–water partition coefficient (Wildman–Crippen LogP) is 0.555. The minimum Gasteiger partial charge on any atom is -0.0929 e. The first-order valence-corrected chi connectivity index (χ1v) is 4.11. The van der Waals surface area contributed by atoms with Crippen LogP contribution in [0.2, 0.25) is 5.54 Å². The zero-order valence-electron chi connectivity index (χ0n) is 3.66. The van der Waals surface area contributed by atoms with Crippen LogP contribution in [0.4, 0.5) is 0 Å². The Balaban J connectivity index is 2.54. The van der Waals surface area contributed by atoms with Crippen LogP contribution < -0.4 is 0 Å². The number of hydrogen-bond acceptors (Lipinski definition) is 0. The molecule has 32 valence electrons. The Kier molecular flexibility index (Phi) is 3.32. The molecule has 2 heteroatoms. The van der Waals surface area contributed by atoms with Crippen LogP contribution in [-0.4, -0.2) is 15.6 Å². The van der Waals surface area contributed by atoms with E-state index in [9.17, 15) is 0 Å². The second-order valence-corrected chi connectivity index (χ2v) is 4.17. The van der Waals surface area contributed by atoms with Gasteiger partial charge in [-0.25, -0.2) is 0 Å². The van der Waals surface area contributed by atoms with E-state index in [-0.39, 0.29) is 0 Å². The Hall–Kier alpha value is 0.697. The molecule has 0 N–H and O–H groups in total. The first kappa shape index (κ1) is 5.70. The molecule has 0 aromatic carbocycles. The summed E-state index contributed by atoms with van der Waals surface area (Å²) >= 11 is 3.35. The van der Waals surface area contributed by atoms with Crippen molar-refractivity contribution in [1.29, 1.82) is 0 Å². The van der Waals surface area contributed by atoms with Crippen LogP contribution in [0.15, 0.2) is 0 Å². The molecule has 0 aromatic heterocycles. The maximum atomic E-state index is 3.35. The molecule has 1 atom stereocenters. The first-order chi connectivity index (χ1) is 2.27. The fraction of sp³-hybridized carbons (Fsp3) is 1.00. The molecule has 0 aromatic rings. The van der Waals surface area contributed by atoms with Crippen molar-refractivity contribution in [1.82, 2.24) is 0 Å². The quantitative estimate of drug-likeness (QED) is 0.381. The van der Waals surface area contributed by atoms with Gasteiger partial charge in [-0.05, 0) is 5.54 Å². The SMILES string of the molecule is CC([SiH3])CBr. The lowest BCUT2D eigenvalue weighted by atomic mass is 10.6. The average Bonchev–Trinajstić information content (AvgIpc) is 1.38. The molecule has 0 heterocycles. The maximum Gasteiger partial charge on any atom is 0.00743 e. The van der Waals surface area contributed by atoms with Gasteiger partial charge < -0.3 is 0 Å². The Labute approximate surface area is 44.5 Å². The van der Waals surface area contributed by atoms with Crippen LogP contribution in [0.25, 0.3) is 0 Å². The molecule has 1 unspecified atom stereocenters. The van der Waals surface area contributed by atoms with Gasteiger partial charge in [-0.1, -0.05) is 22.9 Å². The summed E-state index contributed by atoms with van der Waals surface area (Å²) in [4.78, 5) is 0. The lowest BCUT2D eigenvalue weighted by Crippen LogP contribution is -1.81. The smallest absolute Gasteiger partial charge is 0.00743 e. The normalized spacial score (nSPS) is 15.6. The average molecular weight is 153 g/mol. The molecular formula is C3H9BrSi. The number of halogens is 1. The third kappa shape index (κ3) is 4.70. The highest BCUT2D eigenvalue weighted by molar-refractivity contribution is 9.09. The lowest BCUT2D eigenvalue weighted by molar-refractivity contribution is 1.11. The molecule has 0 saturated carbocycles. The van der Waals surface area contributed by atoms with Crippen molar-refractivity contribution < 1.29 is 0 Å².